The van der Waals surface area contributed by atoms with Crippen molar-refractivity contribution in [1.82, 2.24) is 29.5 Å². The van der Waals surface area contributed by atoms with Gasteiger partial charge in [-0.2, -0.15) is 24.3 Å². The predicted octanol–water partition coefficient (Wildman–Crippen LogP) is 0.113. The number of aliphatic hydroxyl groups excluding tert-OH is 1. The van der Waals surface area contributed by atoms with Crippen LogP contribution in [-0.4, -0.2) is 80.2 Å². The van der Waals surface area contributed by atoms with E-state index in [1.807, 2.05) is 0 Å². The first-order chi connectivity index (χ1) is 20.4. The second kappa shape index (κ2) is 17.3. The molecule has 0 bridgehead atoms. The summed E-state index contributed by atoms with van der Waals surface area (Å²) in [6, 6.07) is 4.63. The molecule has 3 aromatic rings. The van der Waals surface area contributed by atoms with Gasteiger partial charge in [-0.05, 0) is 25.8 Å². The van der Waals surface area contributed by atoms with Gasteiger partial charge in [0.1, 0.15) is 0 Å². The molecule has 1 aliphatic heterocycles. The molecule has 234 valence electrons. The van der Waals surface area contributed by atoms with Crippen LogP contribution >= 0.6 is 0 Å². The maximum absolute atomic E-state index is 13.5. The normalized spacial score (nSPS) is 15.6. The molecule has 3 N–H and O–H groups in total. The maximum Gasteiger partial charge on any atom is 1.00 e. The third kappa shape index (κ3) is 10.3. The Morgan fingerprint density at radius 1 is 1.27 bits per heavy atom. The number of rotatable bonds is 8. The fourth-order valence-corrected chi connectivity index (χ4v) is 4.08. The Balaban J connectivity index is 0.000000402. The van der Waals surface area contributed by atoms with Crippen LogP contribution in [0.5, 0.6) is 0 Å². The molecule has 0 radical (unpaired) electrons. The Hall–Kier alpha value is -2.40. The number of halogens is 3. The van der Waals surface area contributed by atoms with Crippen LogP contribution < -0.4 is 62.0 Å². The molecule has 0 unspecified atom stereocenters. The van der Waals surface area contributed by atoms with Gasteiger partial charge in [-0.1, -0.05) is 19.1 Å². The van der Waals surface area contributed by atoms with E-state index < -0.39 is 17.8 Å². The number of amides is 2. The minimum atomic E-state index is -4.63. The van der Waals surface area contributed by atoms with Crippen LogP contribution in [0.2, 0.25) is 0 Å². The fraction of sp³-hybridized carbons (Fsp3) is 0.414. The molecule has 2 aromatic heterocycles. The van der Waals surface area contributed by atoms with Crippen molar-refractivity contribution < 1.29 is 84.0 Å². The van der Waals surface area contributed by atoms with Crippen molar-refractivity contribution in [3.05, 3.63) is 67.1 Å². The number of nitrogens with zero attached hydrogens (tertiary/aromatic N) is 5. The molecule has 1 aromatic carbocycles. The second-order valence-electron chi connectivity index (χ2n) is 10.0. The maximum atomic E-state index is 13.5. The summed E-state index contributed by atoms with van der Waals surface area (Å²) in [7, 11) is 1.47. The van der Waals surface area contributed by atoms with E-state index in [2.05, 4.69) is 34.6 Å². The molecule has 44 heavy (non-hydrogen) atoms. The monoisotopic (exact) mass is 641 g/mol. The van der Waals surface area contributed by atoms with Gasteiger partial charge in [0.05, 0.1) is 35.9 Å². The minimum Gasteiger partial charge on any atom is -0.405 e. The van der Waals surface area contributed by atoms with Crippen molar-refractivity contribution in [3.63, 3.8) is 0 Å². The van der Waals surface area contributed by atoms with E-state index in [9.17, 15) is 27.6 Å². The molecule has 1 aliphatic carbocycles. The zero-order valence-corrected chi connectivity index (χ0v) is 28.1. The first-order valence-corrected chi connectivity index (χ1v) is 13.6. The number of nitrogens with one attached hydrogen (secondary N) is 2. The van der Waals surface area contributed by atoms with Crippen LogP contribution in [0.1, 0.15) is 52.7 Å². The van der Waals surface area contributed by atoms with Gasteiger partial charge in [0.25, 0.3) is 5.91 Å². The number of carbonyl (C=O) groups is 2. The molecule has 2 fully saturated rings. The van der Waals surface area contributed by atoms with Crippen LogP contribution in [0.25, 0.3) is 11.3 Å². The summed E-state index contributed by atoms with van der Waals surface area (Å²) < 4.78 is 43.1. The topological polar surface area (TPSA) is 134 Å². The SMILES string of the molecule is Cc1cc(NC(=O)c2ncc(-c3cn(C4CC4)nc3C(F)(F)F)n2C)ccc1[C-]=O.O[C@@H]1CCNC1.[CH2-]CN(C=O)C[CH2-].[K+]. The van der Waals surface area contributed by atoms with Gasteiger partial charge >= 0.3 is 57.6 Å². The third-order valence-corrected chi connectivity index (χ3v) is 6.74. The summed E-state index contributed by atoms with van der Waals surface area (Å²) in [5.74, 6) is -0.643. The second-order valence-corrected chi connectivity index (χ2v) is 10.0. The number of aliphatic hydroxyl groups is 1. The Morgan fingerprint density at radius 3 is 2.39 bits per heavy atom. The standard InChI is InChI=1S/C20H17F3N5O2.C5H9NO.C4H9NO.K/c1-11-7-13(4-3-12(11)10-29)25-19(30)18-24-8-16(27(18)2)15-9-28(14-5-6-14)26-17(15)20(21,22)23;1-3-6(4-2)5-7;6-4-1-2-5-3-4;/h3-4,7-9,14H,5-6H2,1-2H3,(H,25,30);5H,1-4H2;4-6H,1-3H2;/q-1;-2;;+1/t;;4-;/m..1./s1. The summed E-state index contributed by atoms with van der Waals surface area (Å²) in [5.41, 5.74) is 0.455. The molecule has 15 heteroatoms. The van der Waals surface area contributed by atoms with Gasteiger partial charge in [0, 0.05) is 25.5 Å². The Kier molecular flexibility index (Phi) is 14.9. The zero-order valence-electron chi connectivity index (χ0n) is 25.0. The summed E-state index contributed by atoms with van der Waals surface area (Å²) >= 11 is 0. The van der Waals surface area contributed by atoms with Crippen LogP contribution in [0.3, 0.4) is 0 Å². The average Bonchev–Trinajstić information content (AvgIpc) is 3.32. The average molecular weight is 642 g/mol. The Morgan fingerprint density at radius 2 is 1.95 bits per heavy atom. The number of carbonyl (C=O) groups excluding carboxylic acids is 3. The molecule has 1 saturated carbocycles. The van der Waals surface area contributed by atoms with Crippen LogP contribution in [0.4, 0.5) is 18.9 Å². The molecule has 0 spiro atoms. The predicted molar refractivity (Wildman–Crippen MR) is 153 cm³/mol. The van der Waals surface area contributed by atoms with Crippen LogP contribution in [-0.2, 0) is 22.8 Å². The van der Waals surface area contributed by atoms with Gasteiger partial charge in [-0.15, -0.1) is 24.2 Å². The number of aryl methyl sites for hydroxylation is 1. The summed E-state index contributed by atoms with van der Waals surface area (Å²) in [6.45, 7) is 11.5. The Labute approximate surface area is 297 Å². The number of hydrogen-bond donors (Lipinski definition) is 3. The third-order valence-electron chi connectivity index (χ3n) is 6.74. The number of benzene rings is 1. The Bertz CT molecular complexity index is 1400. The van der Waals surface area contributed by atoms with E-state index in [-0.39, 0.29) is 80.6 Å². The first-order valence-electron chi connectivity index (χ1n) is 13.6. The van der Waals surface area contributed by atoms with Crippen molar-refractivity contribution in [3.8, 4) is 11.3 Å². The van der Waals surface area contributed by atoms with Gasteiger partial charge in [-0.3, -0.25) is 14.3 Å². The number of alkyl halides is 3. The van der Waals surface area contributed by atoms with Crippen molar-refractivity contribution >= 4 is 24.3 Å². The molecule has 2 aliphatic rings. The summed E-state index contributed by atoms with van der Waals surface area (Å²) in [4.78, 5) is 38.7. The van der Waals surface area contributed by atoms with E-state index in [0.29, 0.717) is 29.9 Å². The van der Waals surface area contributed by atoms with E-state index >= 15 is 0 Å². The molecule has 3 heterocycles. The van der Waals surface area contributed by atoms with Crippen molar-refractivity contribution in [2.24, 2.45) is 7.05 Å². The van der Waals surface area contributed by atoms with Gasteiger partial charge < -0.3 is 43.8 Å². The number of hydrogen-bond acceptors (Lipinski definition) is 7. The van der Waals surface area contributed by atoms with Crippen molar-refractivity contribution in [2.45, 2.75) is 44.5 Å². The quantitative estimate of drug-likeness (QED) is 0.181. The number of aromatic nitrogens is 4. The van der Waals surface area contributed by atoms with E-state index in [4.69, 9.17) is 5.11 Å². The van der Waals surface area contributed by atoms with E-state index in [1.54, 1.807) is 19.3 Å². The van der Waals surface area contributed by atoms with Gasteiger partial charge in [0.15, 0.2) is 11.5 Å². The largest absolute Gasteiger partial charge is 1.00 e. The number of anilines is 1. The zero-order chi connectivity index (χ0) is 31.7. The summed E-state index contributed by atoms with van der Waals surface area (Å²) in [6.07, 6.45) is 2.93. The van der Waals surface area contributed by atoms with Gasteiger partial charge in [0.2, 0.25) is 6.41 Å². The summed E-state index contributed by atoms with van der Waals surface area (Å²) in [5, 5.41) is 18.1. The molecule has 11 nitrogen and oxygen atoms in total. The number of imidazole rings is 1. The smallest absolute Gasteiger partial charge is 0.405 e. The van der Waals surface area contributed by atoms with Crippen molar-refractivity contribution in [1.29, 1.82) is 0 Å². The van der Waals surface area contributed by atoms with Crippen LogP contribution in [0, 0.1) is 20.8 Å². The molecular weight excluding hydrogens is 606 g/mol. The van der Waals surface area contributed by atoms with Gasteiger partial charge in [-0.25, -0.2) is 4.98 Å². The van der Waals surface area contributed by atoms with Crippen molar-refractivity contribution in [2.75, 3.05) is 31.5 Å². The molecular formula is C29H35F3KN7O4-2. The number of β-amino-alcohol motifs (C(OH)–C–C–N with tert-alkyl or cyclic N) is 1. The minimum absolute atomic E-state index is 0. The first kappa shape index (κ1) is 37.8. The molecule has 5 rings (SSSR count). The van der Waals surface area contributed by atoms with Crippen LogP contribution in [0.15, 0.2) is 30.6 Å². The molecule has 1 atom stereocenters. The molecule has 1 saturated heterocycles. The van der Waals surface area contributed by atoms with E-state index in [1.165, 1.54) is 45.7 Å². The fourth-order valence-electron chi connectivity index (χ4n) is 4.08. The molecule has 2 amide bonds. The van der Waals surface area contributed by atoms with E-state index in [0.717, 1.165) is 38.8 Å².